The van der Waals surface area contributed by atoms with Crippen molar-refractivity contribution in [1.82, 2.24) is 0 Å². The molecular formula is C23H17NO5. The molecular weight excluding hydrogens is 370 g/mol. The van der Waals surface area contributed by atoms with Crippen molar-refractivity contribution in [1.29, 1.82) is 0 Å². The number of ether oxygens (including phenoxy) is 3. The van der Waals surface area contributed by atoms with Gasteiger partial charge in [0.1, 0.15) is 5.75 Å². The number of methoxy groups -OCH3 is 1. The molecule has 0 saturated carbocycles. The summed E-state index contributed by atoms with van der Waals surface area (Å²) in [5, 5.41) is 2.14. The van der Waals surface area contributed by atoms with Crippen LogP contribution in [0.1, 0.15) is 11.1 Å². The van der Waals surface area contributed by atoms with E-state index in [9.17, 15) is 9.59 Å². The highest BCUT2D eigenvalue weighted by Crippen LogP contribution is 2.23. The lowest BCUT2D eigenvalue weighted by Crippen LogP contribution is -2.12. The van der Waals surface area contributed by atoms with Crippen molar-refractivity contribution >= 4 is 34.7 Å². The van der Waals surface area contributed by atoms with Crippen LogP contribution in [0.25, 0.3) is 16.8 Å². The van der Waals surface area contributed by atoms with Crippen LogP contribution in [0.4, 0.5) is 0 Å². The summed E-state index contributed by atoms with van der Waals surface area (Å²) in [6.07, 6.45) is 1.61. The molecule has 1 heterocycles. The summed E-state index contributed by atoms with van der Waals surface area (Å²) in [6, 6.07) is 20.7. The highest BCUT2D eigenvalue weighted by atomic mass is 16.6. The SMILES string of the molecule is COC(=O)COc1cccc(/C=C2\N=C(c3ccc4ccccc4c3)OC2=O)c1. The van der Waals surface area contributed by atoms with E-state index < -0.39 is 11.9 Å². The van der Waals surface area contributed by atoms with Crippen molar-refractivity contribution < 1.29 is 23.8 Å². The molecule has 0 spiro atoms. The van der Waals surface area contributed by atoms with E-state index in [1.807, 2.05) is 42.5 Å². The number of carbonyl (C=O) groups is 2. The minimum absolute atomic E-state index is 0.192. The third-order valence-corrected chi connectivity index (χ3v) is 4.36. The van der Waals surface area contributed by atoms with Crippen molar-refractivity contribution in [3.63, 3.8) is 0 Å². The van der Waals surface area contributed by atoms with Gasteiger partial charge >= 0.3 is 11.9 Å². The quantitative estimate of drug-likeness (QED) is 0.493. The first-order valence-corrected chi connectivity index (χ1v) is 8.94. The zero-order valence-electron chi connectivity index (χ0n) is 15.6. The molecule has 0 fully saturated rings. The summed E-state index contributed by atoms with van der Waals surface area (Å²) in [6.45, 7) is -0.192. The lowest BCUT2D eigenvalue weighted by Gasteiger charge is -2.05. The van der Waals surface area contributed by atoms with E-state index in [4.69, 9.17) is 9.47 Å². The number of aliphatic imine (C=N–C) groups is 1. The molecule has 6 heteroatoms. The summed E-state index contributed by atoms with van der Waals surface area (Å²) in [7, 11) is 1.30. The van der Waals surface area contributed by atoms with E-state index in [1.165, 1.54) is 7.11 Å². The molecule has 0 amide bonds. The maximum absolute atomic E-state index is 12.3. The largest absolute Gasteiger partial charge is 0.482 e. The van der Waals surface area contributed by atoms with Gasteiger partial charge < -0.3 is 14.2 Å². The van der Waals surface area contributed by atoms with Gasteiger partial charge in [-0.05, 0) is 46.7 Å². The molecule has 1 aliphatic rings. The van der Waals surface area contributed by atoms with Gasteiger partial charge in [0, 0.05) is 5.56 Å². The zero-order chi connectivity index (χ0) is 20.2. The highest BCUT2D eigenvalue weighted by molar-refractivity contribution is 6.13. The summed E-state index contributed by atoms with van der Waals surface area (Å²) >= 11 is 0. The Morgan fingerprint density at radius 1 is 1.03 bits per heavy atom. The predicted octanol–water partition coefficient (Wildman–Crippen LogP) is 3.74. The van der Waals surface area contributed by atoms with Gasteiger partial charge in [-0.25, -0.2) is 14.6 Å². The fourth-order valence-corrected chi connectivity index (χ4v) is 2.91. The van der Waals surface area contributed by atoms with Gasteiger partial charge in [-0.3, -0.25) is 0 Å². The Morgan fingerprint density at radius 3 is 2.69 bits per heavy atom. The van der Waals surface area contributed by atoms with Crippen LogP contribution in [-0.2, 0) is 19.1 Å². The van der Waals surface area contributed by atoms with Gasteiger partial charge in [0.25, 0.3) is 0 Å². The molecule has 6 nitrogen and oxygen atoms in total. The summed E-state index contributed by atoms with van der Waals surface area (Å²) in [4.78, 5) is 27.8. The predicted molar refractivity (Wildman–Crippen MR) is 109 cm³/mol. The standard InChI is InChI=1S/C23H17NO5/c1-27-21(25)14-28-19-8-4-5-15(11-19)12-20-23(26)29-22(24-20)18-10-9-16-6-2-3-7-17(16)13-18/h2-13H,14H2,1H3/b20-12-. The number of nitrogens with zero attached hydrogens (tertiary/aromatic N) is 1. The van der Waals surface area contributed by atoms with Crippen LogP contribution in [0, 0.1) is 0 Å². The average molecular weight is 387 g/mol. The molecule has 0 aliphatic carbocycles. The van der Waals surface area contributed by atoms with E-state index in [2.05, 4.69) is 9.73 Å². The Hall–Kier alpha value is -3.93. The van der Waals surface area contributed by atoms with Crippen LogP contribution in [0.5, 0.6) is 5.75 Å². The number of esters is 2. The average Bonchev–Trinajstić information content (AvgIpc) is 3.12. The second-order valence-electron chi connectivity index (χ2n) is 6.34. The Labute approximate surface area is 167 Å². The van der Waals surface area contributed by atoms with Crippen LogP contribution in [-0.4, -0.2) is 31.6 Å². The van der Waals surface area contributed by atoms with Crippen LogP contribution >= 0.6 is 0 Å². The molecule has 1 aliphatic heterocycles. The molecule has 0 unspecified atom stereocenters. The zero-order valence-corrected chi connectivity index (χ0v) is 15.6. The lowest BCUT2D eigenvalue weighted by atomic mass is 10.1. The fraction of sp³-hybridized carbons (Fsp3) is 0.0870. The van der Waals surface area contributed by atoms with E-state index in [0.29, 0.717) is 11.3 Å². The molecule has 0 radical (unpaired) electrons. The maximum atomic E-state index is 12.3. The first kappa shape index (κ1) is 18.4. The van der Waals surface area contributed by atoms with Gasteiger partial charge in [0.05, 0.1) is 7.11 Å². The van der Waals surface area contributed by atoms with E-state index in [1.54, 1.807) is 30.3 Å². The Balaban J connectivity index is 1.58. The van der Waals surface area contributed by atoms with Crippen LogP contribution in [0.15, 0.2) is 77.4 Å². The van der Waals surface area contributed by atoms with Crippen molar-refractivity contribution in [2.75, 3.05) is 13.7 Å². The maximum Gasteiger partial charge on any atom is 0.363 e. The molecule has 3 aromatic rings. The van der Waals surface area contributed by atoms with Gasteiger partial charge in [-0.2, -0.15) is 0 Å². The molecule has 0 saturated heterocycles. The van der Waals surface area contributed by atoms with E-state index >= 15 is 0 Å². The first-order chi connectivity index (χ1) is 14.1. The van der Waals surface area contributed by atoms with Gasteiger partial charge in [-0.1, -0.05) is 42.5 Å². The third kappa shape index (κ3) is 4.16. The molecule has 4 rings (SSSR count). The van der Waals surface area contributed by atoms with E-state index in [-0.39, 0.29) is 18.2 Å². The number of hydrogen-bond donors (Lipinski definition) is 0. The van der Waals surface area contributed by atoms with Crippen LogP contribution in [0.3, 0.4) is 0 Å². The summed E-state index contributed by atoms with van der Waals surface area (Å²) in [5.41, 5.74) is 1.62. The Morgan fingerprint density at radius 2 is 1.86 bits per heavy atom. The van der Waals surface area contributed by atoms with Gasteiger partial charge in [0.15, 0.2) is 12.3 Å². The van der Waals surface area contributed by atoms with Crippen LogP contribution < -0.4 is 4.74 Å². The molecule has 144 valence electrons. The second-order valence-corrected chi connectivity index (χ2v) is 6.34. The third-order valence-electron chi connectivity index (χ3n) is 4.36. The topological polar surface area (TPSA) is 74.2 Å². The number of hydrogen-bond acceptors (Lipinski definition) is 6. The summed E-state index contributed by atoms with van der Waals surface area (Å²) in [5.74, 6) is -0.244. The van der Waals surface area contributed by atoms with E-state index in [0.717, 1.165) is 16.3 Å². The Bertz CT molecular complexity index is 1160. The smallest absolute Gasteiger partial charge is 0.363 e. The normalized spacial score (nSPS) is 14.6. The summed E-state index contributed by atoms with van der Waals surface area (Å²) < 4.78 is 15.3. The van der Waals surface area contributed by atoms with Crippen molar-refractivity contribution in [3.8, 4) is 5.75 Å². The number of fused-ring (bicyclic) bond motifs is 1. The first-order valence-electron chi connectivity index (χ1n) is 8.94. The van der Waals surface area contributed by atoms with Gasteiger partial charge in [-0.15, -0.1) is 0 Å². The number of benzene rings is 3. The molecule has 0 N–H and O–H groups in total. The van der Waals surface area contributed by atoms with Crippen molar-refractivity contribution in [2.24, 2.45) is 4.99 Å². The molecule has 0 bridgehead atoms. The lowest BCUT2D eigenvalue weighted by molar-refractivity contribution is -0.142. The minimum Gasteiger partial charge on any atom is -0.482 e. The van der Waals surface area contributed by atoms with Gasteiger partial charge in [0.2, 0.25) is 5.90 Å². The minimum atomic E-state index is -0.519. The molecule has 0 aromatic heterocycles. The highest BCUT2D eigenvalue weighted by Gasteiger charge is 2.24. The van der Waals surface area contributed by atoms with Crippen LogP contribution in [0.2, 0.25) is 0 Å². The molecule has 29 heavy (non-hydrogen) atoms. The second kappa shape index (κ2) is 7.98. The van der Waals surface area contributed by atoms with Crippen molar-refractivity contribution in [3.05, 3.63) is 83.6 Å². The number of cyclic esters (lactones) is 1. The molecule has 0 atom stereocenters. The number of carbonyl (C=O) groups excluding carboxylic acids is 2. The number of rotatable bonds is 5. The fourth-order valence-electron chi connectivity index (χ4n) is 2.91. The molecule has 3 aromatic carbocycles. The monoisotopic (exact) mass is 387 g/mol. The van der Waals surface area contributed by atoms with Crippen molar-refractivity contribution in [2.45, 2.75) is 0 Å². The Kier molecular flexibility index (Phi) is 5.07.